The molecular weight excluding hydrogens is 270 g/mol. The molecular formula is C15H29N3O3. The Bertz CT molecular complexity index is 332. The minimum atomic E-state index is -0.409. The molecule has 0 unspecified atom stereocenters. The van der Waals surface area contributed by atoms with E-state index in [1.165, 1.54) is 0 Å². The van der Waals surface area contributed by atoms with E-state index in [1.807, 2.05) is 20.8 Å². The lowest BCUT2D eigenvalue weighted by atomic mass is 10.1. The van der Waals surface area contributed by atoms with Crippen LogP contribution in [0, 0.1) is 0 Å². The van der Waals surface area contributed by atoms with Gasteiger partial charge in [0.05, 0.1) is 13.2 Å². The molecule has 0 aromatic rings. The predicted octanol–water partition coefficient (Wildman–Crippen LogP) is 0.918. The Hall–Kier alpha value is -0.850. The van der Waals surface area contributed by atoms with Gasteiger partial charge in [-0.3, -0.25) is 4.90 Å². The number of carbonyl (C=O) groups is 1. The highest BCUT2D eigenvalue weighted by molar-refractivity contribution is 5.69. The number of nitrogens with one attached hydrogen (secondary N) is 1. The van der Waals surface area contributed by atoms with Gasteiger partial charge in [-0.2, -0.15) is 0 Å². The van der Waals surface area contributed by atoms with Crippen LogP contribution in [0.4, 0.5) is 4.79 Å². The van der Waals surface area contributed by atoms with Crippen molar-refractivity contribution in [2.24, 2.45) is 0 Å². The van der Waals surface area contributed by atoms with E-state index in [1.54, 1.807) is 4.90 Å². The molecule has 0 bridgehead atoms. The molecule has 0 aromatic heterocycles. The van der Waals surface area contributed by atoms with E-state index in [0.29, 0.717) is 6.04 Å². The summed E-state index contributed by atoms with van der Waals surface area (Å²) in [6, 6.07) is 0.419. The Labute approximate surface area is 127 Å². The fourth-order valence-electron chi connectivity index (χ4n) is 2.52. The van der Waals surface area contributed by atoms with E-state index < -0.39 is 5.60 Å². The molecule has 6 heteroatoms. The molecule has 0 aromatic carbocycles. The Morgan fingerprint density at radius 1 is 1.29 bits per heavy atom. The van der Waals surface area contributed by atoms with Crippen LogP contribution in [0.1, 0.15) is 27.2 Å². The van der Waals surface area contributed by atoms with Gasteiger partial charge in [-0.1, -0.05) is 0 Å². The van der Waals surface area contributed by atoms with E-state index >= 15 is 0 Å². The highest BCUT2D eigenvalue weighted by atomic mass is 16.6. The summed E-state index contributed by atoms with van der Waals surface area (Å²) in [5, 5.41) is 3.50. The molecule has 2 fully saturated rings. The smallest absolute Gasteiger partial charge is 0.410 e. The molecule has 2 saturated heterocycles. The minimum absolute atomic E-state index is 0.200. The van der Waals surface area contributed by atoms with Crippen molar-refractivity contribution in [3.8, 4) is 0 Å². The van der Waals surface area contributed by atoms with Gasteiger partial charge in [0, 0.05) is 32.2 Å². The van der Waals surface area contributed by atoms with E-state index in [2.05, 4.69) is 10.2 Å². The quantitative estimate of drug-likeness (QED) is 0.765. The maximum atomic E-state index is 11.8. The lowest BCUT2D eigenvalue weighted by molar-refractivity contribution is 0.00513. The first-order chi connectivity index (χ1) is 9.94. The normalized spacial score (nSPS) is 21.2. The number of amides is 1. The van der Waals surface area contributed by atoms with E-state index in [-0.39, 0.29) is 6.09 Å². The number of hydrogen-bond acceptors (Lipinski definition) is 5. The lowest BCUT2D eigenvalue weighted by Gasteiger charge is -2.40. The lowest BCUT2D eigenvalue weighted by Crippen LogP contribution is -2.60. The van der Waals surface area contributed by atoms with Crippen LogP contribution in [-0.4, -0.2) is 80.0 Å². The van der Waals surface area contributed by atoms with Gasteiger partial charge in [-0.25, -0.2) is 4.79 Å². The third-order valence-electron chi connectivity index (χ3n) is 3.72. The van der Waals surface area contributed by atoms with Gasteiger partial charge >= 0.3 is 6.09 Å². The second kappa shape index (κ2) is 7.42. The SMILES string of the molecule is CC(C)(C)OC(=O)N1CC(NCCCN2CCOCC2)C1. The molecule has 1 N–H and O–H groups in total. The average molecular weight is 299 g/mol. The molecule has 21 heavy (non-hydrogen) atoms. The van der Waals surface area contributed by atoms with E-state index in [0.717, 1.165) is 58.9 Å². The highest BCUT2D eigenvalue weighted by Gasteiger charge is 2.33. The molecule has 2 aliphatic rings. The Morgan fingerprint density at radius 2 is 1.95 bits per heavy atom. The Morgan fingerprint density at radius 3 is 2.57 bits per heavy atom. The monoisotopic (exact) mass is 299 g/mol. The zero-order valence-corrected chi connectivity index (χ0v) is 13.6. The van der Waals surface area contributed by atoms with Crippen LogP contribution in [0.2, 0.25) is 0 Å². The van der Waals surface area contributed by atoms with E-state index in [9.17, 15) is 4.79 Å². The summed E-state index contributed by atoms with van der Waals surface area (Å²) in [4.78, 5) is 16.0. The van der Waals surface area contributed by atoms with Crippen LogP contribution in [0.5, 0.6) is 0 Å². The van der Waals surface area contributed by atoms with Crippen LogP contribution < -0.4 is 5.32 Å². The molecule has 0 aliphatic carbocycles. The maximum absolute atomic E-state index is 11.8. The number of rotatable bonds is 5. The molecule has 2 rings (SSSR count). The second-order valence-corrected chi connectivity index (χ2v) is 6.84. The third-order valence-corrected chi connectivity index (χ3v) is 3.72. The van der Waals surface area contributed by atoms with Gasteiger partial charge < -0.3 is 19.7 Å². The molecule has 1 amide bonds. The number of nitrogens with zero attached hydrogens (tertiary/aromatic N) is 2. The molecule has 0 radical (unpaired) electrons. The minimum Gasteiger partial charge on any atom is -0.444 e. The van der Waals surface area contributed by atoms with Gasteiger partial charge in [0.2, 0.25) is 0 Å². The summed E-state index contributed by atoms with van der Waals surface area (Å²) in [5.41, 5.74) is -0.409. The predicted molar refractivity (Wildman–Crippen MR) is 81.5 cm³/mol. The van der Waals surface area contributed by atoms with Crippen molar-refractivity contribution in [2.75, 3.05) is 52.5 Å². The first-order valence-corrected chi connectivity index (χ1v) is 7.95. The van der Waals surface area contributed by atoms with Crippen molar-refractivity contribution in [3.63, 3.8) is 0 Å². The van der Waals surface area contributed by atoms with Crippen LogP contribution in [0.3, 0.4) is 0 Å². The summed E-state index contributed by atoms with van der Waals surface area (Å²) >= 11 is 0. The van der Waals surface area contributed by atoms with E-state index in [4.69, 9.17) is 9.47 Å². The molecule has 0 saturated carbocycles. The molecule has 2 heterocycles. The summed E-state index contributed by atoms with van der Waals surface area (Å²) in [6.07, 6.45) is 0.942. The number of likely N-dealkylation sites (tertiary alicyclic amines) is 1. The zero-order valence-electron chi connectivity index (χ0n) is 13.6. The average Bonchev–Trinajstić information content (AvgIpc) is 2.35. The van der Waals surface area contributed by atoms with Crippen LogP contribution in [0.15, 0.2) is 0 Å². The van der Waals surface area contributed by atoms with Gasteiger partial charge in [-0.15, -0.1) is 0 Å². The Balaban J connectivity index is 1.49. The standard InChI is InChI=1S/C15H29N3O3/c1-15(2,3)21-14(19)18-11-13(12-18)16-5-4-6-17-7-9-20-10-8-17/h13,16H,4-12H2,1-3H3. The van der Waals surface area contributed by atoms with Gasteiger partial charge in [0.25, 0.3) is 0 Å². The summed E-state index contributed by atoms with van der Waals surface area (Å²) in [6.45, 7) is 13.2. The largest absolute Gasteiger partial charge is 0.444 e. The second-order valence-electron chi connectivity index (χ2n) is 6.84. The van der Waals surface area contributed by atoms with Crippen molar-refractivity contribution < 1.29 is 14.3 Å². The number of ether oxygens (including phenoxy) is 2. The van der Waals surface area contributed by atoms with Gasteiger partial charge in [0.1, 0.15) is 5.60 Å². The molecule has 2 aliphatic heterocycles. The van der Waals surface area contributed by atoms with Crippen LogP contribution >= 0.6 is 0 Å². The molecule has 6 nitrogen and oxygen atoms in total. The van der Waals surface area contributed by atoms with Gasteiger partial charge in [-0.05, 0) is 40.3 Å². The van der Waals surface area contributed by atoms with Crippen molar-refractivity contribution in [3.05, 3.63) is 0 Å². The fraction of sp³-hybridized carbons (Fsp3) is 0.933. The molecule has 0 spiro atoms. The topological polar surface area (TPSA) is 54.0 Å². The van der Waals surface area contributed by atoms with Crippen molar-refractivity contribution in [1.29, 1.82) is 0 Å². The summed E-state index contributed by atoms with van der Waals surface area (Å²) in [7, 11) is 0. The number of hydrogen-bond donors (Lipinski definition) is 1. The van der Waals surface area contributed by atoms with Crippen molar-refractivity contribution in [2.45, 2.75) is 38.8 Å². The van der Waals surface area contributed by atoms with Crippen LogP contribution in [-0.2, 0) is 9.47 Å². The zero-order chi connectivity index (χ0) is 15.3. The highest BCUT2D eigenvalue weighted by Crippen LogP contribution is 2.15. The Kier molecular flexibility index (Phi) is 5.84. The van der Waals surface area contributed by atoms with Crippen molar-refractivity contribution >= 4 is 6.09 Å². The van der Waals surface area contributed by atoms with Gasteiger partial charge in [0.15, 0.2) is 0 Å². The summed E-state index contributed by atoms with van der Waals surface area (Å²) in [5.74, 6) is 0. The first kappa shape index (κ1) is 16.5. The summed E-state index contributed by atoms with van der Waals surface area (Å²) < 4.78 is 10.7. The fourth-order valence-corrected chi connectivity index (χ4v) is 2.52. The molecule has 122 valence electrons. The van der Waals surface area contributed by atoms with Crippen LogP contribution in [0.25, 0.3) is 0 Å². The molecule has 0 atom stereocenters. The third kappa shape index (κ3) is 5.80. The number of carbonyl (C=O) groups excluding carboxylic acids is 1. The number of morpholine rings is 1. The van der Waals surface area contributed by atoms with Crippen molar-refractivity contribution in [1.82, 2.24) is 15.1 Å². The maximum Gasteiger partial charge on any atom is 0.410 e. The first-order valence-electron chi connectivity index (χ1n) is 7.95.